The van der Waals surface area contributed by atoms with Crippen molar-refractivity contribution >= 4 is 45.0 Å². The fourth-order valence-electron chi connectivity index (χ4n) is 1.44. The molecule has 2 rings (SSSR count). The number of halogens is 2. The molecule has 0 aliphatic heterocycles. The van der Waals surface area contributed by atoms with Crippen LogP contribution in [0.1, 0.15) is 10.4 Å². The molecule has 2 aromatic heterocycles. The van der Waals surface area contributed by atoms with E-state index in [9.17, 15) is 13.2 Å². The van der Waals surface area contributed by atoms with Gasteiger partial charge >= 0.3 is 0 Å². The molecule has 7 nitrogen and oxygen atoms in total. The summed E-state index contributed by atoms with van der Waals surface area (Å²) in [6, 6.07) is 5.18. The number of hydrogen-bond donors (Lipinski definition) is 2. The number of anilines is 1. The lowest BCUT2D eigenvalue weighted by Crippen LogP contribution is -2.31. The van der Waals surface area contributed by atoms with Gasteiger partial charge in [0.15, 0.2) is 0 Å². The van der Waals surface area contributed by atoms with E-state index < -0.39 is 15.9 Å². The summed E-state index contributed by atoms with van der Waals surface area (Å²) in [5, 5.41) is -0.134. The van der Waals surface area contributed by atoms with Crippen molar-refractivity contribution in [3.8, 4) is 0 Å². The maximum absolute atomic E-state index is 12.1. The number of carbonyl (C=O) groups is 1. The molecule has 2 heterocycles. The molecule has 0 saturated carbocycles. The minimum absolute atomic E-state index is 0.0795. The molecule has 10 heteroatoms. The van der Waals surface area contributed by atoms with Gasteiger partial charge in [0.2, 0.25) is 0 Å². The van der Waals surface area contributed by atoms with E-state index in [1.807, 2.05) is 4.72 Å². The lowest BCUT2D eigenvalue weighted by atomic mass is 10.3. The van der Waals surface area contributed by atoms with Crippen LogP contribution in [0.2, 0.25) is 10.3 Å². The molecule has 0 atom stereocenters. The Labute approximate surface area is 130 Å². The normalized spacial score (nSPS) is 11.1. The molecule has 0 aliphatic carbocycles. The van der Waals surface area contributed by atoms with Crippen molar-refractivity contribution in [2.75, 3.05) is 5.73 Å². The van der Waals surface area contributed by atoms with Gasteiger partial charge in [0.1, 0.15) is 21.0 Å². The molecule has 0 saturated heterocycles. The molecule has 0 bridgehead atoms. The smallest absolute Gasteiger partial charge is 0.268 e. The summed E-state index contributed by atoms with van der Waals surface area (Å²) < 4.78 is 26.0. The number of hydrogen-bond acceptors (Lipinski definition) is 6. The third-order valence-corrected chi connectivity index (χ3v) is 4.25. The zero-order chi connectivity index (χ0) is 15.6. The highest BCUT2D eigenvalue weighted by Gasteiger charge is 2.23. The third kappa shape index (κ3) is 3.41. The average molecular weight is 347 g/mol. The van der Waals surface area contributed by atoms with E-state index in [2.05, 4.69) is 9.97 Å². The van der Waals surface area contributed by atoms with Crippen LogP contribution in [0.4, 0.5) is 5.82 Å². The second-order valence-corrected chi connectivity index (χ2v) is 6.19. The molecule has 2 aromatic rings. The van der Waals surface area contributed by atoms with Gasteiger partial charge in [0.25, 0.3) is 15.9 Å². The third-order valence-electron chi connectivity index (χ3n) is 2.38. The number of nitrogens with zero attached hydrogens (tertiary/aromatic N) is 2. The Morgan fingerprint density at radius 2 is 1.95 bits per heavy atom. The first kappa shape index (κ1) is 15.5. The first-order valence-corrected chi connectivity index (χ1v) is 7.65. The summed E-state index contributed by atoms with van der Waals surface area (Å²) in [4.78, 5) is 18.9. The minimum atomic E-state index is -4.17. The van der Waals surface area contributed by atoms with E-state index >= 15 is 0 Å². The van der Waals surface area contributed by atoms with Crippen molar-refractivity contribution in [1.29, 1.82) is 0 Å². The summed E-state index contributed by atoms with van der Waals surface area (Å²) in [6.45, 7) is 0. The predicted octanol–water partition coefficient (Wildman–Crippen LogP) is 1.48. The lowest BCUT2D eigenvalue weighted by Gasteiger charge is -2.09. The van der Waals surface area contributed by atoms with Gasteiger partial charge in [-0.15, -0.1) is 0 Å². The molecule has 3 N–H and O–H groups in total. The van der Waals surface area contributed by atoms with Gasteiger partial charge in [0.05, 0.1) is 5.56 Å². The summed E-state index contributed by atoms with van der Waals surface area (Å²) in [5.41, 5.74) is 5.34. The first-order valence-electron chi connectivity index (χ1n) is 5.41. The quantitative estimate of drug-likeness (QED) is 0.813. The van der Waals surface area contributed by atoms with Gasteiger partial charge in [-0.1, -0.05) is 23.2 Å². The van der Waals surface area contributed by atoms with Crippen LogP contribution in [0.25, 0.3) is 0 Å². The number of amides is 1. The van der Waals surface area contributed by atoms with Gasteiger partial charge in [-0.25, -0.2) is 23.1 Å². The second-order valence-electron chi connectivity index (χ2n) is 3.79. The summed E-state index contributed by atoms with van der Waals surface area (Å²) >= 11 is 11.3. The van der Waals surface area contributed by atoms with Crippen LogP contribution < -0.4 is 10.5 Å². The highest BCUT2D eigenvalue weighted by atomic mass is 35.5. The Bertz CT molecular complexity index is 811. The van der Waals surface area contributed by atoms with Crippen molar-refractivity contribution in [2.45, 2.75) is 4.90 Å². The molecule has 0 unspecified atom stereocenters. The Hall–Kier alpha value is -1.90. The first-order chi connectivity index (χ1) is 9.81. The summed E-state index contributed by atoms with van der Waals surface area (Å²) in [6.07, 6.45) is 1.33. The highest BCUT2D eigenvalue weighted by Crippen LogP contribution is 2.19. The van der Waals surface area contributed by atoms with Crippen LogP contribution in [-0.2, 0) is 10.0 Å². The van der Waals surface area contributed by atoms with Crippen LogP contribution >= 0.6 is 23.2 Å². The van der Waals surface area contributed by atoms with Crippen LogP contribution in [0, 0.1) is 0 Å². The Morgan fingerprint density at radius 1 is 1.24 bits per heavy atom. The Balaban J connectivity index is 2.33. The standard InChI is InChI=1S/C11H8Cl2N4O3S/c12-8-4-3-6(9(13)16-8)11(18)17-21(19,20)7-2-1-5-15-10(7)14/h1-5H,(H2,14,15)(H,17,18). The largest absolute Gasteiger partial charge is 0.383 e. The van der Waals surface area contributed by atoms with Gasteiger partial charge in [-0.3, -0.25) is 4.79 Å². The SMILES string of the molecule is Nc1ncccc1S(=O)(=O)NC(=O)c1ccc(Cl)nc1Cl. The molecule has 0 radical (unpaired) electrons. The van der Waals surface area contributed by atoms with Crippen molar-refractivity contribution < 1.29 is 13.2 Å². The number of sulfonamides is 1. The molecule has 110 valence electrons. The maximum atomic E-state index is 12.1. The van der Waals surface area contributed by atoms with E-state index in [1.54, 1.807) is 0 Å². The van der Waals surface area contributed by atoms with Crippen molar-refractivity contribution in [3.63, 3.8) is 0 Å². The number of pyridine rings is 2. The summed E-state index contributed by atoms with van der Waals surface area (Å²) in [7, 11) is -4.17. The molecule has 0 aromatic carbocycles. The van der Waals surface area contributed by atoms with Crippen LogP contribution in [0.3, 0.4) is 0 Å². The van der Waals surface area contributed by atoms with Crippen LogP contribution in [0.5, 0.6) is 0 Å². The monoisotopic (exact) mass is 346 g/mol. The number of carbonyl (C=O) groups excluding carboxylic acids is 1. The van der Waals surface area contributed by atoms with Crippen molar-refractivity contribution in [3.05, 3.63) is 46.3 Å². The van der Waals surface area contributed by atoms with E-state index in [1.165, 1.54) is 30.5 Å². The zero-order valence-corrected chi connectivity index (χ0v) is 12.6. The number of aromatic nitrogens is 2. The fraction of sp³-hybridized carbons (Fsp3) is 0. The van der Waals surface area contributed by atoms with Gasteiger partial charge in [0, 0.05) is 6.20 Å². The van der Waals surface area contributed by atoms with E-state index in [0.717, 1.165) is 0 Å². The Kier molecular flexibility index (Phi) is 4.31. The minimum Gasteiger partial charge on any atom is -0.383 e. The molecular weight excluding hydrogens is 339 g/mol. The highest BCUT2D eigenvalue weighted by molar-refractivity contribution is 7.90. The van der Waals surface area contributed by atoms with Crippen LogP contribution in [-0.4, -0.2) is 24.3 Å². The van der Waals surface area contributed by atoms with Crippen molar-refractivity contribution in [2.24, 2.45) is 0 Å². The van der Waals surface area contributed by atoms with Gasteiger partial charge < -0.3 is 5.73 Å². The number of nitrogen functional groups attached to an aromatic ring is 1. The topological polar surface area (TPSA) is 115 Å². The molecule has 1 amide bonds. The number of nitrogens with two attached hydrogens (primary N) is 1. The number of rotatable bonds is 3. The second kappa shape index (κ2) is 5.84. The van der Waals surface area contributed by atoms with Gasteiger partial charge in [-0.05, 0) is 24.3 Å². The Morgan fingerprint density at radius 3 is 2.57 bits per heavy atom. The predicted molar refractivity (Wildman–Crippen MR) is 77.6 cm³/mol. The average Bonchev–Trinajstić information content (AvgIpc) is 2.38. The lowest BCUT2D eigenvalue weighted by molar-refractivity contribution is 0.0981. The van der Waals surface area contributed by atoms with E-state index in [0.29, 0.717) is 0 Å². The zero-order valence-electron chi connectivity index (χ0n) is 10.2. The maximum Gasteiger partial charge on any atom is 0.268 e. The molecule has 0 spiro atoms. The van der Waals surface area contributed by atoms with E-state index in [-0.39, 0.29) is 26.6 Å². The van der Waals surface area contributed by atoms with E-state index in [4.69, 9.17) is 28.9 Å². The van der Waals surface area contributed by atoms with Crippen molar-refractivity contribution in [1.82, 2.24) is 14.7 Å². The molecule has 0 fully saturated rings. The summed E-state index contributed by atoms with van der Waals surface area (Å²) in [5.74, 6) is -1.18. The van der Waals surface area contributed by atoms with Gasteiger partial charge in [-0.2, -0.15) is 0 Å². The molecule has 21 heavy (non-hydrogen) atoms. The fourth-order valence-corrected chi connectivity index (χ4v) is 2.92. The number of nitrogens with one attached hydrogen (secondary N) is 1. The molecule has 0 aliphatic rings. The van der Waals surface area contributed by atoms with Crippen LogP contribution in [0.15, 0.2) is 35.4 Å². The molecular formula is C11H8Cl2N4O3S.